The van der Waals surface area contributed by atoms with Crippen molar-refractivity contribution < 1.29 is 23.8 Å². The maximum Gasteiger partial charge on any atom is 0.339 e. The Hall–Kier alpha value is -5.19. The highest BCUT2D eigenvalue weighted by Gasteiger charge is 2.43. The fourth-order valence-electron chi connectivity index (χ4n) is 5.41. The van der Waals surface area contributed by atoms with E-state index in [1.165, 1.54) is 0 Å². The van der Waals surface area contributed by atoms with Crippen LogP contribution in [0.4, 0.5) is 21.9 Å². The molecule has 0 aromatic heterocycles. The number of quaternary nitrogens is 1. The molecular weight excluding hydrogens is 604 g/mol. The fourth-order valence-corrected chi connectivity index (χ4v) is 5.41. The third kappa shape index (κ3) is 7.51. The van der Waals surface area contributed by atoms with Gasteiger partial charge in [0.1, 0.15) is 29.8 Å². The minimum Gasteiger partial charge on any atom is -0.457 e. The molecule has 0 radical (unpaired) electrons. The van der Waals surface area contributed by atoms with Gasteiger partial charge in [-0.2, -0.15) is 4.65 Å². The molecule has 1 aliphatic carbocycles. The number of para-hydroxylation sites is 1. The van der Waals surface area contributed by atoms with Crippen LogP contribution < -0.4 is 25.2 Å². The minimum absolute atomic E-state index is 0.157. The summed E-state index contributed by atoms with van der Waals surface area (Å²) in [6, 6.07) is 24.2. The number of amidine groups is 1. The molecule has 1 saturated heterocycles. The topological polar surface area (TPSA) is 101 Å². The van der Waals surface area contributed by atoms with Crippen molar-refractivity contribution in [2.24, 2.45) is 10.7 Å². The van der Waals surface area contributed by atoms with E-state index in [1.54, 1.807) is 48.1 Å². The molecule has 3 aromatic carbocycles. The smallest absolute Gasteiger partial charge is 0.339 e. The Morgan fingerprint density at radius 1 is 0.979 bits per heavy atom. The lowest BCUT2D eigenvalue weighted by atomic mass is 10.2. The summed E-state index contributed by atoms with van der Waals surface area (Å²) in [5.41, 5.74) is 10.3. The lowest BCUT2D eigenvalue weighted by Gasteiger charge is -2.28. The van der Waals surface area contributed by atoms with Gasteiger partial charge in [-0.3, -0.25) is 9.69 Å². The largest absolute Gasteiger partial charge is 0.457 e. The summed E-state index contributed by atoms with van der Waals surface area (Å²) in [5, 5.41) is 0. The highest BCUT2D eigenvalue weighted by molar-refractivity contribution is 6.36. The quantitative estimate of drug-likeness (QED) is 0.124. The molecule has 1 saturated carbocycles. The average Bonchev–Trinajstić information content (AvgIpc) is 3.92. The van der Waals surface area contributed by atoms with Crippen molar-refractivity contribution in [3.05, 3.63) is 114 Å². The molecule has 1 heterocycles. The van der Waals surface area contributed by atoms with E-state index >= 15 is 0 Å². The van der Waals surface area contributed by atoms with Gasteiger partial charge in [0, 0.05) is 43.5 Å². The van der Waals surface area contributed by atoms with E-state index in [9.17, 15) is 9.59 Å². The normalized spacial score (nSPS) is 18.4. The number of ether oxygens (including phenoxy) is 1. The van der Waals surface area contributed by atoms with Crippen LogP contribution in [0.15, 0.2) is 119 Å². The van der Waals surface area contributed by atoms with Gasteiger partial charge in [-0.1, -0.05) is 30.7 Å². The molecule has 48 heavy (non-hydrogen) atoms. The number of hydrogen-bond donors (Lipinski definition) is 1. The zero-order valence-electron chi connectivity index (χ0n) is 28.6. The van der Waals surface area contributed by atoms with Crippen molar-refractivity contribution in [1.29, 1.82) is 0 Å². The van der Waals surface area contributed by atoms with Crippen molar-refractivity contribution in [1.82, 2.24) is 0 Å². The van der Waals surface area contributed by atoms with Crippen LogP contribution in [0.1, 0.15) is 40.0 Å². The van der Waals surface area contributed by atoms with Gasteiger partial charge in [0.2, 0.25) is 0 Å². The highest BCUT2D eigenvalue weighted by Crippen LogP contribution is 2.36. The first-order valence-corrected chi connectivity index (χ1v) is 16.2. The molecule has 250 valence electrons. The minimum atomic E-state index is -0.331. The number of aliphatic imine (C=N–C) groups is 1. The van der Waals surface area contributed by atoms with Gasteiger partial charge >= 0.3 is 6.03 Å². The second-order valence-electron chi connectivity index (χ2n) is 12.3. The molecule has 2 N–H and O–H groups in total. The lowest BCUT2D eigenvalue weighted by molar-refractivity contribution is -1.09. The molecule has 3 aromatic rings. The lowest BCUT2D eigenvalue weighted by Crippen LogP contribution is -2.45. The molecular formula is C38H45N6O4+. The molecule has 2 fully saturated rings. The zero-order chi connectivity index (χ0) is 34.4. The van der Waals surface area contributed by atoms with E-state index in [2.05, 4.69) is 0 Å². The molecule has 2 aliphatic rings. The fraction of sp³-hybridized carbons (Fsp3) is 0.289. The van der Waals surface area contributed by atoms with Gasteiger partial charge in [0.15, 0.2) is 5.84 Å². The van der Waals surface area contributed by atoms with Crippen LogP contribution in [0.5, 0.6) is 11.5 Å². The predicted octanol–water partition coefficient (Wildman–Crippen LogP) is 7.52. The van der Waals surface area contributed by atoms with Gasteiger partial charge in [0.05, 0.1) is 25.5 Å². The SMILES string of the molecule is CC/C(C)=C/N=C1\C(=C(/C)N)N(c2ccc(Oc3ccccc3)cc2)C(=O)N1c1ccc(N(C)C(=O)/C=C/C[N+](C)(OC)C2CC2)cc1. The van der Waals surface area contributed by atoms with Gasteiger partial charge in [-0.15, -0.1) is 0 Å². The first-order valence-electron chi connectivity index (χ1n) is 16.2. The zero-order valence-corrected chi connectivity index (χ0v) is 28.6. The second kappa shape index (κ2) is 14.7. The third-order valence-corrected chi connectivity index (χ3v) is 8.73. The summed E-state index contributed by atoms with van der Waals surface area (Å²) >= 11 is 0. The average molecular weight is 650 g/mol. The number of nitrogens with zero attached hydrogens (tertiary/aromatic N) is 5. The van der Waals surface area contributed by atoms with E-state index in [-0.39, 0.29) is 11.9 Å². The molecule has 1 atom stereocenters. The predicted molar refractivity (Wildman–Crippen MR) is 192 cm³/mol. The highest BCUT2D eigenvalue weighted by atomic mass is 16.7. The van der Waals surface area contributed by atoms with Gasteiger partial charge in [-0.25, -0.2) is 19.5 Å². The van der Waals surface area contributed by atoms with E-state index in [1.807, 2.05) is 106 Å². The number of hydroxylamine groups is 3. The van der Waals surface area contributed by atoms with Gasteiger partial charge in [-0.05, 0) is 87.0 Å². The molecule has 1 aliphatic heterocycles. The van der Waals surface area contributed by atoms with E-state index in [0.29, 0.717) is 63.0 Å². The molecule has 3 amide bonds. The van der Waals surface area contributed by atoms with Crippen molar-refractivity contribution in [3.63, 3.8) is 0 Å². The van der Waals surface area contributed by atoms with E-state index in [4.69, 9.17) is 20.3 Å². The van der Waals surface area contributed by atoms with Crippen molar-refractivity contribution in [2.45, 2.75) is 46.1 Å². The number of carbonyl (C=O) groups is 2. The molecule has 0 bridgehead atoms. The summed E-state index contributed by atoms with van der Waals surface area (Å²) in [4.78, 5) is 42.5. The number of benzene rings is 3. The Morgan fingerprint density at radius 2 is 1.58 bits per heavy atom. The number of allylic oxidation sites excluding steroid dienone is 2. The van der Waals surface area contributed by atoms with Crippen LogP contribution in [0.25, 0.3) is 0 Å². The number of anilines is 3. The number of carbonyl (C=O) groups excluding carboxylic acids is 2. The number of nitrogens with two attached hydrogens (primary N) is 1. The Labute approximate surface area is 283 Å². The maximum atomic E-state index is 14.3. The summed E-state index contributed by atoms with van der Waals surface area (Å²) in [6.07, 6.45) is 8.29. The second-order valence-corrected chi connectivity index (χ2v) is 12.3. The first-order chi connectivity index (χ1) is 23.1. The number of hydrogen-bond acceptors (Lipinski definition) is 6. The van der Waals surface area contributed by atoms with Crippen LogP contribution in [-0.2, 0) is 9.63 Å². The van der Waals surface area contributed by atoms with Crippen molar-refractivity contribution in [2.75, 3.05) is 42.4 Å². The summed E-state index contributed by atoms with van der Waals surface area (Å²) in [6.45, 7) is 6.41. The third-order valence-electron chi connectivity index (χ3n) is 8.73. The summed E-state index contributed by atoms with van der Waals surface area (Å²) in [5.74, 6) is 1.61. The number of amides is 3. The standard InChI is InChI=1S/C38H45N6O4/c1-7-27(2)26-40-37-36(28(3)39)42(30-19-23-34(24-20-30)48-33-12-9-8-10-13-33)38(46)43(37)31-17-15-29(16-18-31)41(4)35(45)14-11-25-44(5,47-6)32-21-22-32/h8-20,23-24,26,32H,7,21-22,25,39H2,1-6H3/q+1/b14-11+,27-26+,36-28-,40-37+. The molecule has 5 rings (SSSR count). The van der Waals surface area contributed by atoms with Crippen LogP contribution in [0, 0.1) is 0 Å². The van der Waals surface area contributed by atoms with E-state index < -0.39 is 0 Å². The van der Waals surface area contributed by atoms with Crippen LogP contribution in [0.3, 0.4) is 0 Å². The van der Waals surface area contributed by atoms with Crippen molar-refractivity contribution >= 4 is 34.8 Å². The summed E-state index contributed by atoms with van der Waals surface area (Å²) in [7, 11) is 5.47. The monoisotopic (exact) mass is 649 g/mol. The first kappa shape index (κ1) is 34.2. The number of urea groups is 1. The Morgan fingerprint density at radius 3 is 2.17 bits per heavy atom. The van der Waals surface area contributed by atoms with Crippen LogP contribution in [0.2, 0.25) is 0 Å². The summed E-state index contributed by atoms with van der Waals surface area (Å²) < 4.78 is 6.43. The number of rotatable bonds is 12. The molecule has 0 spiro atoms. The van der Waals surface area contributed by atoms with E-state index in [0.717, 1.165) is 24.8 Å². The van der Waals surface area contributed by atoms with Crippen LogP contribution >= 0.6 is 0 Å². The Bertz CT molecular complexity index is 1740. The molecule has 10 nitrogen and oxygen atoms in total. The van der Waals surface area contributed by atoms with Crippen molar-refractivity contribution in [3.8, 4) is 11.5 Å². The van der Waals surface area contributed by atoms with Gasteiger partial charge < -0.3 is 15.4 Å². The molecule has 1 unspecified atom stereocenters. The Kier molecular flexibility index (Phi) is 10.5. The van der Waals surface area contributed by atoms with Crippen LogP contribution in [-0.4, -0.2) is 56.2 Å². The van der Waals surface area contributed by atoms with Gasteiger partial charge in [0.25, 0.3) is 5.91 Å². The Balaban J connectivity index is 1.41. The molecule has 10 heteroatoms. The number of likely N-dealkylation sites (N-methyl/N-ethyl adjacent to an activating group) is 2. The maximum absolute atomic E-state index is 14.3.